The molecule has 0 radical (unpaired) electrons. The molecule has 3 atom stereocenters. The van der Waals surface area contributed by atoms with E-state index in [2.05, 4.69) is 16.6 Å². The van der Waals surface area contributed by atoms with E-state index in [1.54, 1.807) is 65.8 Å². The Bertz CT molecular complexity index is 1290. The zero-order valence-corrected chi connectivity index (χ0v) is 26.0. The van der Waals surface area contributed by atoms with Gasteiger partial charge in [0.05, 0.1) is 6.61 Å². The van der Waals surface area contributed by atoms with Crippen LogP contribution in [0.4, 0.5) is 4.79 Å². The number of hydrogen-bond acceptors (Lipinski definition) is 7. The van der Waals surface area contributed by atoms with Gasteiger partial charge in [0.15, 0.2) is 0 Å². The highest BCUT2D eigenvalue weighted by atomic mass is 16.6. The smallest absolute Gasteiger partial charge is 0.408 e. The van der Waals surface area contributed by atoms with Gasteiger partial charge in [-0.1, -0.05) is 48.4 Å². The molecule has 43 heavy (non-hydrogen) atoms. The predicted molar refractivity (Wildman–Crippen MR) is 163 cm³/mol. The fraction of sp³-hybridized carbons (Fsp3) is 0.455. The molecule has 0 bridgehead atoms. The third-order valence-corrected chi connectivity index (χ3v) is 5.97. The highest BCUT2D eigenvalue weighted by Gasteiger charge is 2.37. The van der Waals surface area contributed by atoms with Crippen LogP contribution in [0.2, 0.25) is 0 Å². The highest BCUT2D eigenvalue weighted by Crippen LogP contribution is 2.24. The molecule has 2 rings (SSSR count). The molecule has 2 aromatic rings. The van der Waals surface area contributed by atoms with Gasteiger partial charge in [-0.3, -0.25) is 9.59 Å². The summed E-state index contributed by atoms with van der Waals surface area (Å²) in [6.45, 7) is 11.0. The second-order valence-electron chi connectivity index (χ2n) is 12.1. The van der Waals surface area contributed by atoms with Crippen molar-refractivity contribution in [2.45, 2.75) is 84.2 Å². The summed E-state index contributed by atoms with van der Waals surface area (Å²) in [6.07, 6.45) is 4.83. The van der Waals surface area contributed by atoms with Gasteiger partial charge in [-0.2, -0.15) is 0 Å². The minimum Gasteiger partial charge on any atom is -0.458 e. The fourth-order valence-electron chi connectivity index (χ4n) is 4.17. The Morgan fingerprint density at radius 1 is 0.907 bits per heavy atom. The first-order chi connectivity index (χ1) is 20.0. The second-order valence-corrected chi connectivity index (χ2v) is 12.1. The number of ether oxygens (including phenoxy) is 2. The molecular formula is C33H43N3O7. The maximum Gasteiger partial charge on any atom is 0.408 e. The van der Waals surface area contributed by atoms with E-state index in [9.17, 15) is 24.3 Å². The van der Waals surface area contributed by atoms with Crippen LogP contribution in [0.25, 0.3) is 0 Å². The Morgan fingerprint density at radius 2 is 1.49 bits per heavy atom. The number of nitrogens with zero attached hydrogens (tertiary/aromatic N) is 1. The van der Waals surface area contributed by atoms with Gasteiger partial charge in [0.1, 0.15) is 29.3 Å². The maximum absolute atomic E-state index is 14.1. The standard InChI is InChI=1S/C33H43N3O7/c1-9-23-15-17-25(18-16-23)27(36(19-20-37)29(39)22(2)34-31(41)43-33(6,7)8)28(38)35-26(30(40)42-32(3,4)5)21-24-13-11-10-12-14-24/h1,10-18,22,26-27,37H,19-21H2,2-8H3,(H,34,41)(H,35,38). The minimum absolute atomic E-state index is 0.134. The third-order valence-electron chi connectivity index (χ3n) is 5.97. The number of rotatable bonds is 11. The van der Waals surface area contributed by atoms with E-state index in [0.717, 1.165) is 10.5 Å². The van der Waals surface area contributed by atoms with Crippen molar-refractivity contribution in [1.82, 2.24) is 15.5 Å². The number of nitrogens with one attached hydrogen (secondary N) is 2. The third kappa shape index (κ3) is 11.4. The van der Waals surface area contributed by atoms with Crippen molar-refractivity contribution < 1.29 is 33.8 Å². The summed E-state index contributed by atoms with van der Waals surface area (Å²) < 4.78 is 10.9. The van der Waals surface area contributed by atoms with Gasteiger partial charge in [0.25, 0.3) is 0 Å². The summed E-state index contributed by atoms with van der Waals surface area (Å²) in [5.74, 6) is 0.520. The largest absolute Gasteiger partial charge is 0.458 e. The van der Waals surface area contributed by atoms with Gasteiger partial charge >= 0.3 is 12.1 Å². The summed E-state index contributed by atoms with van der Waals surface area (Å²) in [4.78, 5) is 54.6. The SMILES string of the molecule is C#Cc1ccc(C(C(=O)NC(Cc2ccccc2)C(=O)OC(C)(C)C)N(CCO)C(=O)C(C)NC(=O)OC(C)(C)C)cc1. The van der Waals surface area contributed by atoms with Crippen LogP contribution in [0, 0.1) is 12.3 Å². The average Bonchev–Trinajstić information content (AvgIpc) is 2.91. The number of carbonyl (C=O) groups is 4. The van der Waals surface area contributed by atoms with E-state index >= 15 is 0 Å². The Hall–Kier alpha value is -4.36. The quantitative estimate of drug-likeness (QED) is 0.268. The molecular weight excluding hydrogens is 550 g/mol. The molecule has 3 unspecified atom stereocenters. The monoisotopic (exact) mass is 593 g/mol. The number of carbonyl (C=O) groups excluding carboxylic acids is 4. The molecule has 0 spiro atoms. The lowest BCUT2D eigenvalue weighted by Gasteiger charge is -2.34. The lowest BCUT2D eigenvalue weighted by Crippen LogP contribution is -2.54. The number of aliphatic hydroxyl groups excluding tert-OH is 1. The van der Waals surface area contributed by atoms with Gasteiger partial charge in [-0.25, -0.2) is 9.59 Å². The molecule has 3 amide bonds. The van der Waals surface area contributed by atoms with Crippen molar-refractivity contribution >= 4 is 23.9 Å². The minimum atomic E-state index is -1.30. The topological polar surface area (TPSA) is 134 Å². The molecule has 0 aliphatic rings. The maximum atomic E-state index is 14.1. The number of aliphatic hydroxyl groups is 1. The van der Waals surface area contributed by atoms with Crippen LogP contribution in [-0.2, 0) is 30.3 Å². The molecule has 2 aromatic carbocycles. The van der Waals surface area contributed by atoms with Gasteiger partial charge < -0.3 is 30.1 Å². The fourth-order valence-corrected chi connectivity index (χ4v) is 4.17. The molecule has 0 heterocycles. The first kappa shape index (κ1) is 34.8. The number of amides is 3. The molecule has 0 aliphatic heterocycles. The number of benzene rings is 2. The number of esters is 1. The van der Waals surface area contributed by atoms with Crippen LogP contribution < -0.4 is 10.6 Å². The molecule has 0 saturated carbocycles. The van der Waals surface area contributed by atoms with Crippen LogP contribution in [0.3, 0.4) is 0 Å². The predicted octanol–water partition coefficient (Wildman–Crippen LogP) is 3.51. The summed E-state index contributed by atoms with van der Waals surface area (Å²) in [5.41, 5.74) is 0.105. The average molecular weight is 594 g/mol. The normalized spacial score (nSPS) is 13.5. The van der Waals surface area contributed by atoms with Crippen LogP contribution in [0.1, 0.15) is 71.2 Å². The van der Waals surface area contributed by atoms with Crippen LogP contribution in [-0.4, -0.2) is 70.3 Å². The molecule has 0 saturated heterocycles. The Kier molecular flexibility index (Phi) is 12.3. The van der Waals surface area contributed by atoms with Crippen molar-refractivity contribution in [3.8, 4) is 12.3 Å². The van der Waals surface area contributed by atoms with Gasteiger partial charge in [0, 0.05) is 18.5 Å². The van der Waals surface area contributed by atoms with Gasteiger partial charge in [-0.05, 0) is 71.7 Å². The van der Waals surface area contributed by atoms with E-state index in [4.69, 9.17) is 15.9 Å². The lowest BCUT2D eigenvalue weighted by atomic mass is 10.00. The lowest BCUT2D eigenvalue weighted by molar-refractivity contribution is -0.159. The second kappa shape index (κ2) is 15.2. The number of terminal acetylenes is 1. The molecule has 0 fully saturated rings. The first-order valence-electron chi connectivity index (χ1n) is 14.1. The summed E-state index contributed by atoms with van der Waals surface area (Å²) in [6, 6.07) is 12.1. The molecule has 0 aromatic heterocycles. The van der Waals surface area contributed by atoms with Gasteiger partial charge in [0.2, 0.25) is 11.8 Å². The van der Waals surface area contributed by atoms with E-state index < -0.39 is 59.8 Å². The molecule has 10 heteroatoms. The van der Waals surface area contributed by atoms with Crippen LogP contribution in [0.5, 0.6) is 0 Å². The number of alkyl carbamates (subject to hydrolysis) is 1. The number of hydrogen-bond donors (Lipinski definition) is 3. The van der Waals surface area contributed by atoms with Crippen molar-refractivity contribution in [3.05, 3.63) is 71.3 Å². The van der Waals surface area contributed by atoms with E-state index in [0.29, 0.717) is 11.1 Å². The van der Waals surface area contributed by atoms with E-state index in [1.807, 2.05) is 30.3 Å². The van der Waals surface area contributed by atoms with Crippen molar-refractivity contribution in [3.63, 3.8) is 0 Å². The Labute approximate surface area is 254 Å². The summed E-state index contributed by atoms with van der Waals surface area (Å²) in [7, 11) is 0. The van der Waals surface area contributed by atoms with Crippen molar-refractivity contribution in [2.24, 2.45) is 0 Å². The summed E-state index contributed by atoms with van der Waals surface area (Å²) in [5, 5.41) is 15.2. The van der Waals surface area contributed by atoms with Crippen molar-refractivity contribution in [2.75, 3.05) is 13.2 Å². The Morgan fingerprint density at radius 3 is 2.00 bits per heavy atom. The van der Waals surface area contributed by atoms with E-state index in [1.165, 1.54) is 6.92 Å². The van der Waals surface area contributed by atoms with E-state index in [-0.39, 0.29) is 13.0 Å². The molecule has 0 aliphatic carbocycles. The highest BCUT2D eigenvalue weighted by molar-refractivity contribution is 5.93. The zero-order valence-electron chi connectivity index (χ0n) is 26.0. The van der Waals surface area contributed by atoms with Crippen LogP contribution >= 0.6 is 0 Å². The molecule has 10 nitrogen and oxygen atoms in total. The zero-order chi connectivity index (χ0) is 32.4. The van der Waals surface area contributed by atoms with Gasteiger partial charge in [-0.15, -0.1) is 6.42 Å². The molecule has 3 N–H and O–H groups in total. The Balaban J connectivity index is 2.50. The van der Waals surface area contributed by atoms with Crippen molar-refractivity contribution in [1.29, 1.82) is 0 Å². The summed E-state index contributed by atoms with van der Waals surface area (Å²) >= 11 is 0. The van der Waals surface area contributed by atoms with Crippen LogP contribution in [0.15, 0.2) is 54.6 Å². The first-order valence-corrected chi connectivity index (χ1v) is 14.1. The molecule has 232 valence electrons.